The van der Waals surface area contributed by atoms with Gasteiger partial charge in [-0.25, -0.2) is 0 Å². The molecule has 116 valence electrons. The number of rotatable bonds is 6. The highest BCUT2D eigenvalue weighted by molar-refractivity contribution is 5.79. The molecule has 1 aliphatic rings. The minimum absolute atomic E-state index is 0.195. The first-order valence-electron chi connectivity index (χ1n) is 7.07. The molecule has 0 spiro atoms. The van der Waals surface area contributed by atoms with Crippen molar-refractivity contribution < 1.29 is 13.5 Å². The number of aliphatic imine (C=N–C) groups is 1. The van der Waals surface area contributed by atoms with Gasteiger partial charge in [-0.3, -0.25) is 4.99 Å². The number of aryl methyl sites for hydroxylation is 1. The van der Waals surface area contributed by atoms with Gasteiger partial charge in [0.05, 0.1) is 0 Å². The molecule has 0 bridgehead atoms. The predicted molar refractivity (Wildman–Crippen MR) is 78.7 cm³/mol. The molecule has 6 heteroatoms. The van der Waals surface area contributed by atoms with Crippen molar-refractivity contribution in [2.24, 2.45) is 10.9 Å². The number of nitrogens with one attached hydrogen (secondary N) is 2. The van der Waals surface area contributed by atoms with E-state index in [2.05, 4.69) is 20.4 Å². The fraction of sp³-hybridized carbons (Fsp3) is 0.533. The fourth-order valence-corrected chi connectivity index (χ4v) is 2.02. The monoisotopic (exact) mass is 297 g/mol. The van der Waals surface area contributed by atoms with Gasteiger partial charge in [0.25, 0.3) is 0 Å². The van der Waals surface area contributed by atoms with E-state index in [1.165, 1.54) is 12.8 Å². The van der Waals surface area contributed by atoms with Crippen LogP contribution in [0, 0.1) is 12.8 Å². The summed E-state index contributed by atoms with van der Waals surface area (Å²) >= 11 is 0. The van der Waals surface area contributed by atoms with E-state index in [4.69, 9.17) is 0 Å². The van der Waals surface area contributed by atoms with Crippen LogP contribution in [0.3, 0.4) is 0 Å². The number of alkyl halides is 2. The Labute approximate surface area is 123 Å². The lowest BCUT2D eigenvalue weighted by molar-refractivity contribution is -0.0504. The van der Waals surface area contributed by atoms with Crippen molar-refractivity contribution in [2.45, 2.75) is 32.9 Å². The molecule has 0 aromatic heterocycles. The zero-order valence-corrected chi connectivity index (χ0v) is 12.3. The average molecular weight is 297 g/mol. The zero-order valence-electron chi connectivity index (χ0n) is 12.3. The van der Waals surface area contributed by atoms with E-state index >= 15 is 0 Å². The van der Waals surface area contributed by atoms with Gasteiger partial charge in [0.2, 0.25) is 0 Å². The Hall–Kier alpha value is -1.85. The number of hydrogen-bond acceptors (Lipinski definition) is 2. The third kappa shape index (κ3) is 5.21. The Morgan fingerprint density at radius 1 is 1.38 bits per heavy atom. The molecule has 1 aromatic carbocycles. The lowest BCUT2D eigenvalue weighted by atomic mass is 10.1. The molecule has 2 N–H and O–H groups in total. The van der Waals surface area contributed by atoms with E-state index in [0.717, 1.165) is 18.0 Å². The maximum atomic E-state index is 12.4. The maximum Gasteiger partial charge on any atom is 0.387 e. The van der Waals surface area contributed by atoms with Gasteiger partial charge >= 0.3 is 6.61 Å². The van der Waals surface area contributed by atoms with Crippen molar-refractivity contribution in [3.63, 3.8) is 0 Å². The van der Waals surface area contributed by atoms with Gasteiger partial charge in [0.1, 0.15) is 5.75 Å². The van der Waals surface area contributed by atoms with E-state index in [-0.39, 0.29) is 5.75 Å². The minimum atomic E-state index is -2.82. The van der Waals surface area contributed by atoms with Crippen LogP contribution in [-0.2, 0) is 6.54 Å². The van der Waals surface area contributed by atoms with Crippen LogP contribution >= 0.6 is 0 Å². The summed E-state index contributed by atoms with van der Waals surface area (Å²) in [5.41, 5.74) is 1.68. The topological polar surface area (TPSA) is 45.7 Å². The zero-order chi connectivity index (χ0) is 15.2. The van der Waals surface area contributed by atoms with E-state index < -0.39 is 6.61 Å². The Bertz CT molecular complexity index is 502. The van der Waals surface area contributed by atoms with Gasteiger partial charge in [0.15, 0.2) is 5.96 Å². The van der Waals surface area contributed by atoms with Crippen molar-refractivity contribution in [3.05, 3.63) is 29.3 Å². The largest absolute Gasteiger partial charge is 0.434 e. The maximum absolute atomic E-state index is 12.4. The number of ether oxygens (including phenoxy) is 1. The van der Waals surface area contributed by atoms with Crippen LogP contribution in [0.15, 0.2) is 23.2 Å². The van der Waals surface area contributed by atoms with Crippen LogP contribution in [0.5, 0.6) is 5.75 Å². The van der Waals surface area contributed by atoms with Crippen LogP contribution in [0.25, 0.3) is 0 Å². The third-order valence-corrected chi connectivity index (χ3v) is 3.36. The quantitative estimate of drug-likeness (QED) is 0.627. The first kappa shape index (κ1) is 15.5. The van der Waals surface area contributed by atoms with Crippen LogP contribution in [0.4, 0.5) is 8.78 Å². The van der Waals surface area contributed by atoms with Crippen molar-refractivity contribution in [3.8, 4) is 5.75 Å². The van der Waals surface area contributed by atoms with Gasteiger partial charge < -0.3 is 15.4 Å². The summed E-state index contributed by atoms with van der Waals surface area (Å²) in [5, 5.41) is 6.35. The smallest absolute Gasteiger partial charge is 0.387 e. The summed E-state index contributed by atoms with van der Waals surface area (Å²) in [6, 6.07) is 5.15. The van der Waals surface area contributed by atoms with Crippen LogP contribution in [-0.4, -0.2) is 26.2 Å². The molecule has 0 aliphatic heterocycles. The second-order valence-electron chi connectivity index (χ2n) is 5.24. The molecule has 1 fully saturated rings. The highest BCUT2D eigenvalue weighted by Crippen LogP contribution is 2.27. The Kier molecular flexibility index (Phi) is 5.36. The number of guanidine groups is 1. The molecule has 1 aliphatic carbocycles. The second kappa shape index (κ2) is 7.24. The van der Waals surface area contributed by atoms with Crippen LogP contribution in [0.2, 0.25) is 0 Å². The Morgan fingerprint density at radius 2 is 2.14 bits per heavy atom. The molecule has 0 saturated heterocycles. The molecule has 0 radical (unpaired) electrons. The second-order valence-corrected chi connectivity index (χ2v) is 5.24. The normalized spacial score (nSPS) is 15.2. The molecule has 1 aromatic rings. The van der Waals surface area contributed by atoms with Crippen molar-refractivity contribution in [1.82, 2.24) is 10.6 Å². The molecule has 0 atom stereocenters. The standard InChI is InChI=1S/C15H21F2N3O/c1-10-3-6-13(21-14(16)17)12(7-10)9-20-15(18-2)19-8-11-4-5-11/h3,6-7,11,14H,4-5,8-9H2,1-2H3,(H2,18,19,20). The number of nitrogens with zero attached hydrogens (tertiary/aromatic N) is 1. The van der Waals surface area contributed by atoms with Gasteiger partial charge in [0, 0.05) is 25.7 Å². The molecule has 2 rings (SSSR count). The molecule has 21 heavy (non-hydrogen) atoms. The van der Waals surface area contributed by atoms with Crippen molar-refractivity contribution in [2.75, 3.05) is 13.6 Å². The molecule has 4 nitrogen and oxygen atoms in total. The lowest BCUT2D eigenvalue weighted by Gasteiger charge is -2.15. The summed E-state index contributed by atoms with van der Waals surface area (Å²) in [6.45, 7) is 0.372. The summed E-state index contributed by atoms with van der Waals surface area (Å²) in [6.07, 6.45) is 2.52. The van der Waals surface area contributed by atoms with Gasteiger partial charge in [-0.1, -0.05) is 17.7 Å². The van der Waals surface area contributed by atoms with Gasteiger partial charge in [-0.05, 0) is 31.7 Å². The van der Waals surface area contributed by atoms with Crippen molar-refractivity contribution in [1.29, 1.82) is 0 Å². The summed E-state index contributed by atoms with van der Waals surface area (Å²) in [4.78, 5) is 4.12. The SMILES string of the molecule is CN=C(NCc1cc(C)ccc1OC(F)F)NCC1CC1. The summed E-state index contributed by atoms with van der Waals surface area (Å²) in [5.74, 6) is 1.60. The molecule has 1 saturated carbocycles. The first-order valence-corrected chi connectivity index (χ1v) is 7.07. The van der Waals surface area contributed by atoms with E-state index in [1.54, 1.807) is 19.2 Å². The molecule has 0 heterocycles. The van der Waals surface area contributed by atoms with E-state index in [0.29, 0.717) is 18.1 Å². The van der Waals surface area contributed by atoms with E-state index in [9.17, 15) is 8.78 Å². The fourth-order valence-electron chi connectivity index (χ4n) is 2.02. The van der Waals surface area contributed by atoms with Crippen LogP contribution < -0.4 is 15.4 Å². The lowest BCUT2D eigenvalue weighted by Crippen LogP contribution is -2.37. The van der Waals surface area contributed by atoms with Crippen molar-refractivity contribution >= 4 is 5.96 Å². The summed E-state index contributed by atoms with van der Waals surface area (Å²) < 4.78 is 29.3. The average Bonchev–Trinajstić information content (AvgIpc) is 3.25. The van der Waals surface area contributed by atoms with Crippen LogP contribution in [0.1, 0.15) is 24.0 Å². The first-order chi connectivity index (χ1) is 10.1. The number of hydrogen-bond donors (Lipinski definition) is 2. The molecule has 0 unspecified atom stereocenters. The third-order valence-electron chi connectivity index (χ3n) is 3.36. The van der Waals surface area contributed by atoms with E-state index in [1.807, 2.05) is 13.0 Å². The van der Waals surface area contributed by atoms with Gasteiger partial charge in [-0.2, -0.15) is 8.78 Å². The molecule has 0 amide bonds. The minimum Gasteiger partial charge on any atom is -0.434 e. The Morgan fingerprint density at radius 3 is 2.76 bits per heavy atom. The highest BCUT2D eigenvalue weighted by Gasteiger charge is 2.21. The number of halogens is 2. The summed E-state index contributed by atoms with van der Waals surface area (Å²) in [7, 11) is 1.69. The molecular weight excluding hydrogens is 276 g/mol. The number of benzene rings is 1. The highest BCUT2D eigenvalue weighted by atomic mass is 19.3. The Balaban J connectivity index is 1.94. The predicted octanol–water partition coefficient (Wildman–Crippen LogP) is 2.67. The van der Waals surface area contributed by atoms with Gasteiger partial charge in [-0.15, -0.1) is 0 Å². The molecular formula is C15H21F2N3O.